The van der Waals surface area contributed by atoms with Crippen LogP contribution >= 0.6 is 0 Å². The maximum absolute atomic E-state index is 5.76. The largest absolute Gasteiger partial charge is 0.374 e. The Kier molecular flexibility index (Phi) is 4.16. The van der Waals surface area contributed by atoms with Gasteiger partial charge in [-0.1, -0.05) is 18.2 Å². The van der Waals surface area contributed by atoms with Gasteiger partial charge in [-0.2, -0.15) is 0 Å². The molecule has 1 aliphatic carbocycles. The topological polar surface area (TPSA) is 24.5 Å². The van der Waals surface area contributed by atoms with E-state index in [0.29, 0.717) is 6.10 Å². The minimum absolute atomic E-state index is 0.341. The number of hydrogen-bond acceptors (Lipinski definition) is 3. The van der Waals surface area contributed by atoms with E-state index in [4.69, 9.17) is 4.74 Å². The molecule has 1 heterocycles. The molecule has 0 aromatic heterocycles. The molecule has 0 spiro atoms. The van der Waals surface area contributed by atoms with E-state index in [2.05, 4.69) is 35.5 Å². The average molecular weight is 260 g/mol. The van der Waals surface area contributed by atoms with Crippen LogP contribution in [0.15, 0.2) is 18.2 Å². The van der Waals surface area contributed by atoms with Crippen molar-refractivity contribution in [2.45, 2.75) is 31.9 Å². The summed E-state index contributed by atoms with van der Waals surface area (Å²) in [6.07, 6.45) is 4.20. The summed E-state index contributed by atoms with van der Waals surface area (Å²) in [4.78, 5) is 2.34. The second-order valence-corrected chi connectivity index (χ2v) is 5.84. The van der Waals surface area contributed by atoms with Crippen molar-refractivity contribution in [3.05, 3.63) is 34.9 Å². The van der Waals surface area contributed by atoms with E-state index in [9.17, 15) is 0 Å². The summed E-state index contributed by atoms with van der Waals surface area (Å²) < 4.78 is 5.76. The predicted molar refractivity (Wildman–Crippen MR) is 77.4 cm³/mol. The van der Waals surface area contributed by atoms with Crippen LogP contribution in [0.4, 0.5) is 0 Å². The molecular weight excluding hydrogens is 236 g/mol. The minimum Gasteiger partial charge on any atom is -0.374 e. The Morgan fingerprint density at radius 2 is 2.21 bits per heavy atom. The fourth-order valence-electron chi connectivity index (χ4n) is 3.10. The second-order valence-electron chi connectivity index (χ2n) is 5.84. The van der Waals surface area contributed by atoms with Gasteiger partial charge in [-0.15, -0.1) is 0 Å². The minimum atomic E-state index is 0.341. The lowest BCUT2D eigenvalue weighted by atomic mass is 10.1. The molecule has 1 fully saturated rings. The van der Waals surface area contributed by atoms with E-state index in [0.717, 1.165) is 32.8 Å². The molecule has 1 unspecified atom stereocenters. The molecule has 3 rings (SSSR count). The fraction of sp³-hybridized carbons (Fsp3) is 0.625. The highest BCUT2D eigenvalue weighted by atomic mass is 16.5. The van der Waals surface area contributed by atoms with Crippen molar-refractivity contribution in [2.75, 3.05) is 33.3 Å². The van der Waals surface area contributed by atoms with E-state index in [-0.39, 0.29) is 0 Å². The maximum Gasteiger partial charge on any atom is 0.0826 e. The van der Waals surface area contributed by atoms with Crippen LogP contribution in [0.5, 0.6) is 0 Å². The lowest BCUT2D eigenvalue weighted by Gasteiger charge is -2.30. The van der Waals surface area contributed by atoms with Gasteiger partial charge in [-0.3, -0.25) is 0 Å². The fourth-order valence-corrected chi connectivity index (χ4v) is 3.10. The van der Waals surface area contributed by atoms with Gasteiger partial charge in [0.15, 0.2) is 0 Å². The SMILES string of the molecule is CN1CCOC(CNCc2ccc3c(c2)CCC3)C1. The first-order chi connectivity index (χ1) is 9.31. The Hall–Kier alpha value is -0.900. The standard InChI is InChI=1S/C16H24N2O/c1-18-7-8-19-16(12-18)11-17-10-13-5-6-14-3-2-4-15(14)9-13/h5-6,9,16-17H,2-4,7-8,10-12H2,1H3. The molecule has 1 saturated heterocycles. The van der Waals surface area contributed by atoms with Gasteiger partial charge in [0, 0.05) is 26.2 Å². The Morgan fingerprint density at radius 3 is 3.11 bits per heavy atom. The Balaban J connectivity index is 1.47. The van der Waals surface area contributed by atoms with E-state index in [1.807, 2.05) is 0 Å². The molecule has 3 heteroatoms. The number of ether oxygens (including phenoxy) is 1. The van der Waals surface area contributed by atoms with Crippen LogP contribution in [0.1, 0.15) is 23.1 Å². The summed E-state index contributed by atoms with van der Waals surface area (Å²) in [6, 6.07) is 6.96. The molecule has 1 aromatic carbocycles. The number of aryl methyl sites for hydroxylation is 2. The summed E-state index contributed by atoms with van der Waals surface area (Å²) in [6.45, 7) is 4.86. The van der Waals surface area contributed by atoms with Crippen molar-refractivity contribution in [1.82, 2.24) is 10.2 Å². The lowest BCUT2D eigenvalue weighted by molar-refractivity contribution is -0.0182. The highest BCUT2D eigenvalue weighted by Crippen LogP contribution is 2.22. The van der Waals surface area contributed by atoms with Crippen LogP contribution in [0.25, 0.3) is 0 Å². The molecule has 1 aromatic rings. The number of benzene rings is 1. The van der Waals surface area contributed by atoms with E-state index in [1.165, 1.54) is 24.8 Å². The molecule has 2 aliphatic rings. The highest BCUT2D eigenvalue weighted by molar-refractivity contribution is 5.35. The molecule has 0 amide bonds. The van der Waals surface area contributed by atoms with Crippen molar-refractivity contribution in [3.63, 3.8) is 0 Å². The van der Waals surface area contributed by atoms with Crippen molar-refractivity contribution >= 4 is 0 Å². The molecule has 1 aliphatic heterocycles. The lowest BCUT2D eigenvalue weighted by Crippen LogP contribution is -2.44. The van der Waals surface area contributed by atoms with E-state index < -0.39 is 0 Å². The smallest absolute Gasteiger partial charge is 0.0826 e. The first kappa shape index (κ1) is 13.1. The van der Waals surface area contributed by atoms with E-state index >= 15 is 0 Å². The van der Waals surface area contributed by atoms with Gasteiger partial charge >= 0.3 is 0 Å². The Labute approximate surface area is 115 Å². The monoisotopic (exact) mass is 260 g/mol. The third-order valence-electron chi connectivity index (χ3n) is 4.21. The van der Waals surface area contributed by atoms with Gasteiger partial charge < -0.3 is 15.0 Å². The van der Waals surface area contributed by atoms with Gasteiger partial charge in [0.05, 0.1) is 12.7 Å². The predicted octanol–water partition coefficient (Wildman–Crippen LogP) is 1.60. The zero-order valence-corrected chi connectivity index (χ0v) is 11.8. The van der Waals surface area contributed by atoms with Crippen LogP contribution in [-0.2, 0) is 24.1 Å². The maximum atomic E-state index is 5.76. The first-order valence-electron chi connectivity index (χ1n) is 7.43. The molecule has 19 heavy (non-hydrogen) atoms. The van der Waals surface area contributed by atoms with Gasteiger partial charge in [0.25, 0.3) is 0 Å². The Morgan fingerprint density at radius 1 is 1.32 bits per heavy atom. The number of hydrogen-bond donors (Lipinski definition) is 1. The van der Waals surface area contributed by atoms with E-state index in [1.54, 1.807) is 11.1 Å². The zero-order chi connectivity index (χ0) is 13.1. The molecule has 3 nitrogen and oxygen atoms in total. The quantitative estimate of drug-likeness (QED) is 0.890. The van der Waals surface area contributed by atoms with Crippen molar-refractivity contribution in [2.24, 2.45) is 0 Å². The summed E-state index contributed by atoms with van der Waals surface area (Å²) in [7, 11) is 2.16. The van der Waals surface area contributed by atoms with Crippen LogP contribution < -0.4 is 5.32 Å². The number of nitrogens with zero attached hydrogens (tertiary/aromatic N) is 1. The third kappa shape index (κ3) is 3.35. The average Bonchev–Trinajstić information content (AvgIpc) is 2.86. The molecular formula is C16H24N2O. The number of morpholine rings is 1. The van der Waals surface area contributed by atoms with Gasteiger partial charge in [0.2, 0.25) is 0 Å². The summed E-state index contributed by atoms with van der Waals surface area (Å²) in [5, 5.41) is 3.53. The normalized spacial score (nSPS) is 23.5. The third-order valence-corrected chi connectivity index (χ3v) is 4.21. The molecule has 104 valence electrons. The van der Waals surface area contributed by atoms with Crippen LogP contribution in [0.3, 0.4) is 0 Å². The zero-order valence-electron chi connectivity index (χ0n) is 11.8. The van der Waals surface area contributed by atoms with Gasteiger partial charge in [-0.05, 0) is 43.0 Å². The van der Waals surface area contributed by atoms with Crippen molar-refractivity contribution in [3.8, 4) is 0 Å². The molecule has 0 saturated carbocycles. The number of fused-ring (bicyclic) bond motifs is 1. The summed E-state index contributed by atoms with van der Waals surface area (Å²) in [5.74, 6) is 0. The molecule has 0 radical (unpaired) electrons. The van der Waals surface area contributed by atoms with Crippen molar-refractivity contribution < 1.29 is 4.74 Å². The second kappa shape index (κ2) is 6.04. The van der Waals surface area contributed by atoms with Crippen molar-refractivity contribution in [1.29, 1.82) is 0 Å². The first-order valence-corrected chi connectivity index (χ1v) is 7.43. The van der Waals surface area contributed by atoms with Crippen LogP contribution in [-0.4, -0.2) is 44.3 Å². The molecule has 1 atom stereocenters. The Bertz CT molecular complexity index is 433. The number of likely N-dealkylation sites (N-methyl/N-ethyl adjacent to an activating group) is 1. The van der Waals surface area contributed by atoms with Crippen LogP contribution in [0.2, 0.25) is 0 Å². The summed E-state index contributed by atoms with van der Waals surface area (Å²) >= 11 is 0. The van der Waals surface area contributed by atoms with Crippen LogP contribution in [0, 0.1) is 0 Å². The molecule has 1 N–H and O–H groups in total. The number of nitrogens with one attached hydrogen (secondary N) is 1. The van der Waals surface area contributed by atoms with Gasteiger partial charge in [-0.25, -0.2) is 0 Å². The van der Waals surface area contributed by atoms with Gasteiger partial charge in [0.1, 0.15) is 0 Å². The summed E-state index contributed by atoms with van der Waals surface area (Å²) in [5.41, 5.74) is 4.53. The number of rotatable bonds is 4. The molecule has 0 bridgehead atoms. The highest BCUT2D eigenvalue weighted by Gasteiger charge is 2.17.